The molecule has 1 unspecified atom stereocenters. The first-order valence-corrected chi connectivity index (χ1v) is 22.6. The molecule has 0 aromatic rings. The number of ether oxygens (including phenoxy) is 2. The van der Waals surface area contributed by atoms with E-state index in [1.165, 1.54) is 32.1 Å². The second-order valence-corrected chi connectivity index (χ2v) is 15.2. The van der Waals surface area contributed by atoms with Gasteiger partial charge >= 0.3 is 25.7 Å². The van der Waals surface area contributed by atoms with Crippen molar-refractivity contribution in [2.24, 2.45) is 5.73 Å². The van der Waals surface area contributed by atoms with Gasteiger partial charge in [0.15, 0.2) is 6.10 Å². The van der Waals surface area contributed by atoms with E-state index in [1.54, 1.807) is 0 Å². The third kappa shape index (κ3) is 39.3. The molecule has 57 heavy (non-hydrogen) atoms. The predicted molar refractivity (Wildman–Crippen MR) is 230 cm³/mol. The molecule has 0 bridgehead atoms. The number of carboxylic acids is 1. The zero-order valence-electron chi connectivity index (χ0n) is 34.9. The summed E-state index contributed by atoms with van der Waals surface area (Å²) in [6.07, 6.45) is 48.1. The third-order valence-electron chi connectivity index (χ3n) is 8.39. The lowest BCUT2D eigenvalue weighted by Gasteiger charge is -2.20. The Bertz CT molecular complexity index is 1290. The summed E-state index contributed by atoms with van der Waals surface area (Å²) in [7, 11) is -4.74. The molecular formula is C45H74NO10P. The van der Waals surface area contributed by atoms with Crippen LogP contribution in [-0.2, 0) is 37.5 Å². The molecule has 0 rings (SSSR count). The first kappa shape index (κ1) is 53.7. The van der Waals surface area contributed by atoms with Gasteiger partial charge < -0.3 is 25.2 Å². The molecule has 0 heterocycles. The molecule has 0 saturated heterocycles. The van der Waals surface area contributed by atoms with E-state index >= 15 is 0 Å². The Labute approximate surface area is 343 Å². The lowest BCUT2D eigenvalue weighted by molar-refractivity contribution is -0.161. The van der Waals surface area contributed by atoms with Crippen LogP contribution in [0.2, 0.25) is 0 Å². The van der Waals surface area contributed by atoms with Gasteiger partial charge in [-0.25, -0.2) is 4.57 Å². The number of nitrogens with two attached hydrogens (primary N) is 1. The van der Waals surface area contributed by atoms with Crippen molar-refractivity contribution in [3.63, 3.8) is 0 Å². The number of carbonyl (C=O) groups excluding carboxylic acids is 2. The van der Waals surface area contributed by atoms with Crippen LogP contribution < -0.4 is 5.73 Å². The van der Waals surface area contributed by atoms with Gasteiger partial charge in [0.25, 0.3) is 0 Å². The maximum atomic E-state index is 12.6. The normalized spacial score (nSPS) is 14.6. The van der Waals surface area contributed by atoms with Gasteiger partial charge in [0.2, 0.25) is 0 Å². The van der Waals surface area contributed by atoms with Crippen LogP contribution in [0.4, 0.5) is 0 Å². The Kier molecular flexibility index (Phi) is 37.2. The van der Waals surface area contributed by atoms with Gasteiger partial charge in [-0.05, 0) is 77.0 Å². The van der Waals surface area contributed by atoms with Gasteiger partial charge in [-0.3, -0.25) is 23.4 Å². The van der Waals surface area contributed by atoms with E-state index in [1.807, 2.05) is 18.2 Å². The molecule has 3 atom stereocenters. The maximum Gasteiger partial charge on any atom is 0.472 e. The van der Waals surface area contributed by atoms with E-state index in [9.17, 15) is 23.8 Å². The molecule has 0 aliphatic carbocycles. The quantitative estimate of drug-likeness (QED) is 0.0234. The molecule has 0 aromatic carbocycles. The van der Waals surface area contributed by atoms with Gasteiger partial charge in [0.05, 0.1) is 13.2 Å². The summed E-state index contributed by atoms with van der Waals surface area (Å²) in [6.45, 7) is 2.57. The smallest absolute Gasteiger partial charge is 0.472 e. The monoisotopic (exact) mass is 820 g/mol. The van der Waals surface area contributed by atoms with Gasteiger partial charge in [-0.1, -0.05) is 144 Å². The number of phosphoric acid groups is 1. The van der Waals surface area contributed by atoms with Crippen molar-refractivity contribution in [1.29, 1.82) is 0 Å². The molecule has 0 aromatic heterocycles. The van der Waals surface area contributed by atoms with Crippen LogP contribution in [0.3, 0.4) is 0 Å². The van der Waals surface area contributed by atoms with E-state index < -0.39 is 51.1 Å². The zero-order chi connectivity index (χ0) is 42.1. The average Bonchev–Trinajstić information content (AvgIpc) is 3.19. The molecule has 11 nitrogen and oxygen atoms in total. The SMILES string of the molecule is CC/C=C\C/C=C\C/C=C\C/C=C\C/C=C\C/C=C\CCC(=O)O[C@H](COC(=O)CCCCCCC/C=C\CCCCCCC)COP(=O)(O)OC[C@H](N)C(=O)O. The summed E-state index contributed by atoms with van der Waals surface area (Å²) >= 11 is 0. The Morgan fingerprint density at radius 2 is 1.02 bits per heavy atom. The molecule has 324 valence electrons. The van der Waals surface area contributed by atoms with Gasteiger partial charge in [0, 0.05) is 12.8 Å². The molecule has 0 saturated carbocycles. The Morgan fingerprint density at radius 1 is 0.561 bits per heavy atom. The number of carbonyl (C=O) groups is 3. The van der Waals surface area contributed by atoms with Crippen LogP contribution in [0.5, 0.6) is 0 Å². The van der Waals surface area contributed by atoms with E-state index in [2.05, 4.69) is 85.2 Å². The number of phosphoric ester groups is 1. The fourth-order valence-electron chi connectivity index (χ4n) is 5.08. The highest BCUT2D eigenvalue weighted by Gasteiger charge is 2.28. The Morgan fingerprint density at radius 3 is 1.54 bits per heavy atom. The summed E-state index contributed by atoms with van der Waals surface area (Å²) in [6, 6.07) is -1.54. The van der Waals surface area contributed by atoms with Crippen molar-refractivity contribution < 1.29 is 47.5 Å². The lowest BCUT2D eigenvalue weighted by atomic mass is 10.1. The average molecular weight is 820 g/mol. The fraction of sp³-hybridized carbons (Fsp3) is 0.622. The summed E-state index contributed by atoms with van der Waals surface area (Å²) in [5, 5.41) is 8.88. The standard InChI is InChI=1S/C45H74NO10P/c1-3-5-7-9-11-13-15-17-19-20-21-22-23-25-27-29-31-33-35-37-44(48)56-41(39-54-57(51,52)55-40-42(46)45(49)50)38-53-43(47)36-34-32-30-28-26-24-18-16-14-12-10-8-6-4-2/h5,7,11,13,16-19,21-22,25,27,31,33,41-42H,3-4,6,8-10,12,14-15,20,23-24,26,28-30,32,34-40,46H2,1-2H3,(H,49,50)(H,51,52)/b7-5-,13-11-,18-16-,19-17-,22-21-,27-25-,33-31-/t41-,42+/m1/s1. The highest BCUT2D eigenvalue weighted by molar-refractivity contribution is 7.47. The van der Waals surface area contributed by atoms with E-state index in [0.29, 0.717) is 19.3 Å². The van der Waals surface area contributed by atoms with Crippen molar-refractivity contribution in [2.75, 3.05) is 19.8 Å². The molecule has 0 radical (unpaired) electrons. The first-order chi connectivity index (χ1) is 27.6. The van der Waals surface area contributed by atoms with Crippen molar-refractivity contribution in [2.45, 2.75) is 161 Å². The minimum absolute atomic E-state index is 0.0300. The van der Waals surface area contributed by atoms with Crippen LogP contribution in [0.1, 0.15) is 149 Å². The van der Waals surface area contributed by atoms with Gasteiger partial charge in [0.1, 0.15) is 12.6 Å². The predicted octanol–water partition coefficient (Wildman–Crippen LogP) is 11.1. The Hall–Kier alpha value is -3.34. The van der Waals surface area contributed by atoms with Crippen LogP contribution in [0.15, 0.2) is 85.1 Å². The number of hydrogen-bond donors (Lipinski definition) is 3. The second-order valence-electron chi connectivity index (χ2n) is 13.7. The van der Waals surface area contributed by atoms with Crippen molar-refractivity contribution >= 4 is 25.7 Å². The fourth-order valence-corrected chi connectivity index (χ4v) is 5.86. The Balaban J connectivity index is 4.55. The van der Waals surface area contributed by atoms with Crippen molar-refractivity contribution in [1.82, 2.24) is 0 Å². The zero-order valence-corrected chi connectivity index (χ0v) is 35.8. The minimum atomic E-state index is -4.74. The van der Waals surface area contributed by atoms with Gasteiger partial charge in [-0.2, -0.15) is 0 Å². The molecule has 0 fully saturated rings. The van der Waals surface area contributed by atoms with E-state index in [0.717, 1.165) is 70.6 Å². The number of unbranched alkanes of at least 4 members (excludes halogenated alkanes) is 10. The molecule has 12 heteroatoms. The van der Waals surface area contributed by atoms with E-state index in [-0.39, 0.29) is 19.4 Å². The molecular weight excluding hydrogens is 745 g/mol. The first-order valence-electron chi connectivity index (χ1n) is 21.1. The summed E-state index contributed by atoms with van der Waals surface area (Å²) in [5.41, 5.74) is 5.32. The van der Waals surface area contributed by atoms with Crippen molar-refractivity contribution in [3.8, 4) is 0 Å². The third-order valence-corrected chi connectivity index (χ3v) is 9.34. The minimum Gasteiger partial charge on any atom is -0.480 e. The van der Waals surface area contributed by atoms with Crippen molar-refractivity contribution in [3.05, 3.63) is 85.1 Å². The van der Waals surface area contributed by atoms with Crippen LogP contribution in [0.25, 0.3) is 0 Å². The highest BCUT2D eigenvalue weighted by Crippen LogP contribution is 2.43. The number of esters is 2. The lowest BCUT2D eigenvalue weighted by Crippen LogP contribution is -2.34. The largest absolute Gasteiger partial charge is 0.480 e. The molecule has 0 aliphatic heterocycles. The van der Waals surface area contributed by atoms with Crippen LogP contribution in [0, 0.1) is 0 Å². The number of aliphatic carboxylic acids is 1. The molecule has 0 amide bonds. The number of rotatable bonds is 38. The summed E-state index contributed by atoms with van der Waals surface area (Å²) in [5.74, 6) is -2.51. The van der Waals surface area contributed by atoms with E-state index in [4.69, 9.17) is 24.8 Å². The highest BCUT2D eigenvalue weighted by atomic mass is 31.2. The van der Waals surface area contributed by atoms with Gasteiger partial charge in [-0.15, -0.1) is 0 Å². The molecule has 0 aliphatic rings. The topological polar surface area (TPSA) is 172 Å². The number of hydrogen-bond acceptors (Lipinski definition) is 9. The van der Waals surface area contributed by atoms with Crippen LogP contribution in [-0.4, -0.2) is 59.9 Å². The summed E-state index contributed by atoms with van der Waals surface area (Å²) < 4.78 is 32.6. The number of allylic oxidation sites excluding steroid dienone is 14. The number of carboxylic acid groups (broad SMARTS) is 1. The second kappa shape index (κ2) is 39.5. The molecule has 0 spiro atoms. The summed E-state index contributed by atoms with van der Waals surface area (Å²) in [4.78, 5) is 45.9. The van der Waals surface area contributed by atoms with Crippen LogP contribution >= 0.6 is 7.82 Å². The maximum absolute atomic E-state index is 12.6. The molecule has 4 N–H and O–H groups in total.